The van der Waals surface area contributed by atoms with Crippen molar-refractivity contribution >= 4 is 28.3 Å². The van der Waals surface area contributed by atoms with E-state index in [4.69, 9.17) is 11.6 Å². The number of halogens is 1. The quantitative estimate of drug-likeness (QED) is 0.782. The van der Waals surface area contributed by atoms with E-state index in [9.17, 15) is 9.59 Å². The largest absolute Gasteiger partial charge is 0.349 e. The molecule has 6 heteroatoms. The molecular weight excluding hydrogens is 338 g/mol. The van der Waals surface area contributed by atoms with Gasteiger partial charge in [0.15, 0.2) is 0 Å². The molecule has 0 fully saturated rings. The summed E-state index contributed by atoms with van der Waals surface area (Å²) in [5.74, 6) is -0.163. The van der Waals surface area contributed by atoms with E-state index in [0.717, 1.165) is 5.56 Å². The highest BCUT2D eigenvalue weighted by Crippen LogP contribution is 2.18. The van der Waals surface area contributed by atoms with Gasteiger partial charge in [-0.05, 0) is 30.7 Å². The molecule has 0 spiro atoms. The predicted octanol–water partition coefficient (Wildman–Crippen LogP) is 3.01. The SMILES string of the molecule is CC(NC(=O)Cc1nn(C)c(=O)c2ccccc12)c1cccc(Cl)c1. The van der Waals surface area contributed by atoms with E-state index in [1.807, 2.05) is 37.3 Å². The number of fused-ring (bicyclic) bond motifs is 1. The summed E-state index contributed by atoms with van der Waals surface area (Å²) in [6, 6.07) is 14.4. The molecule has 1 N–H and O–H groups in total. The molecule has 0 aliphatic heterocycles. The van der Waals surface area contributed by atoms with Crippen LogP contribution in [0.5, 0.6) is 0 Å². The van der Waals surface area contributed by atoms with E-state index in [-0.39, 0.29) is 23.9 Å². The number of nitrogens with one attached hydrogen (secondary N) is 1. The molecule has 0 aliphatic carbocycles. The summed E-state index contributed by atoms with van der Waals surface area (Å²) in [4.78, 5) is 24.6. The van der Waals surface area contributed by atoms with Crippen molar-refractivity contribution in [3.05, 3.63) is 75.2 Å². The molecule has 128 valence electrons. The van der Waals surface area contributed by atoms with Crippen LogP contribution in [-0.2, 0) is 18.3 Å². The number of nitrogens with zero attached hydrogens (tertiary/aromatic N) is 2. The lowest BCUT2D eigenvalue weighted by atomic mass is 10.1. The molecule has 1 atom stereocenters. The standard InChI is InChI=1S/C19H18ClN3O2/c1-12(13-6-5-7-14(20)10-13)21-18(24)11-17-15-8-3-4-9-16(15)19(25)23(2)22-17/h3-10,12H,11H2,1-2H3,(H,21,24). The summed E-state index contributed by atoms with van der Waals surface area (Å²) in [5.41, 5.74) is 1.33. The maximum absolute atomic E-state index is 12.4. The monoisotopic (exact) mass is 355 g/mol. The molecule has 1 aromatic heterocycles. The van der Waals surface area contributed by atoms with Crippen molar-refractivity contribution in [2.24, 2.45) is 7.05 Å². The van der Waals surface area contributed by atoms with Gasteiger partial charge in [-0.2, -0.15) is 5.10 Å². The Hall–Kier alpha value is -2.66. The zero-order valence-electron chi connectivity index (χ0n) is 14.0. The van der Waals surface area contributed by atoms with Crippen LogP contribution >= 0.6 is 11.6 Å². The van der Waals surface area contributed by atoms with Crippen LogP contribution in [0.2, 0.25) is 5.02 Å². The summed E-state index contributed by atoms with van der Waals surface area (Å²) in [6.45, 7) is 1.90. The maximum atomic E-state index is 12.4. The number of hydrogen-bond acceptors (Lipinski definition) is 3. The van der Waals surface area contributed by atoms with Gasteiger partial charge in [0, 0.05) is 17.5 Å². The molecule has 3 aromatic rings. The third-order valence-corrected chi connectivity index (χ3v) is 4.32. The average molecular weight is 356 g/mol. The Morgan fingerprint density at radius 1 is 1.20 bits per heavy atom. The summed E-state index contributed by atoms with van der Waals surface area (Å²) in [6.07, 6.45) is 0.0968. The Balaban J connectivity index is 1.83. The molecule has 0 saturated heterocycles. The highest BCUT2D eigenvalue weighted by atomic mass is 35.5. The van der Waals surface area contributed by atoms with Crippen molar-refractivity contribution in [1.29, 1.82) is 0 Å². The van der Waals surface area contributed by atoms with Gasteiger partial charge in [-0.25, -0.2) is 4.68 Å². The summed E-state index contributed by atoms with van der Waals surface area (Å²) in [5, 5.41) is 9.10. The lowest BCUT2D eigenvalue weighted by molar-refractivity contribution is -0.121. The lowest BCUT2D eigenvalue weighted by Crippen LogP contribution is -2.30. The first-order chi connectivity index (χ1) is 12.0. The van der Waals surface area contributed by atoms with E-state index in [2.05, 4.69) is 10.4 Å². The van der Waals surface area contributed by atoms with Gasteiger partial charge in [0.1, 0.15) is 0 Å². The molecule has 0 bridgehead atoms. The van der Waals surface area contributed by atoms with Gasteiger partial charge in [-0.3, -0.25) is 9.59 Å². The fourth-order valence-electron chi connectivity index (χ4n) is 2.81. The van der Waals surface area contributed by atoms with Crippen molar-refractivity contribution in [2.45, 2.75) is 19.4 Å². The molecule has 0 radical (unpaired) electrons. The van der Waals surface area contributed by atoms with Crippen LogP contribution in [0.4, 0.5) is 0 Å². The minimum Gasteiger partial charge on any atom is -0.349 e. The molecule has 0 aliphatic rings. The molecular formula is C19H18ClN3O2. The zero-order chi connectivity index (χ0) is 18.0. The van der Waals surface area contributed by atoms with E-state index in [1.54, 1.807) is 25.2 Å². The van der Waals surface area contributed by atoms with Crippen LogP contribution in [0.1, 0.15) is 24.2 Å². The highest BCUT2D eigenvalue weighted by Gasteiger charge is 2.15. The zero-order valence-corrected chi connectivity index (χ0v) is 14.7. The number of amides is 1. The fraction of sp³-hybridized carbons (Fsp3) is 0.211. The molecule has 5 nitrogen and oxygen atoms in total. The molecule has 1 amide bonds. The lowest BCUT2D eigenvalue weighted by Gasteiger charge is -2.15. The minimum absolute atomic E-state index is 0.0968. The molecule has 25 heavy (non-hydrogen) atoms. The number of rotatable bonds is 4. The van der Waals surface area contributed by atoms with E-state index < -0.39 is 0 Å². The van der Waals surface area contributed by atoms with Gasteiger partial charge < -0.3 is 5.32 Å². The molecule has 0 saturated carbocycles. The summed E-state index contributed by atoms with van der Waals surface area (Å²) >= 11 is 6.00. The van der Waals surface area contributed by atoms with Crippen molar-refractivity contribution in [2.75, 3.05) is 0 Å². The van der Waals surface area contributed by atoms with Crippen molar-refractivity contribution < 1.29 is 4.79 Å². The Morgan fingerprint density at radius 3 is 2.64 bits per heavy atom. The van der Waals surface area contributed by atoms with Crippen LogP contribution in [0.15, 0.2) is 53.3 Å². The number of carbonyl (C=O) groups is 1. The maximum Gasteiger partial charge on any atom is 0.274 e. The second-order valence-corrected chi connectivity index (χ2v) is 6.38. The highest BCUT2D eigenvalue weighted by molar-refractivity contribution is 6.30. The fourth-order valence-corrected chi connectivity index (χ4v) is 3.01. The smallest absolute Gasteiger partial charge is 0.274 e. The second kappa shape index (κ2) is 7.07. The van der Waals surface area contributed by atoms with E-state index in [0.29, 0.717) is 21.5 Å². The normalized spacial score (nSPS) is 12.1. The third-order valence-electron chi connectivity index (χ3n) is 4.09. The number of aromatic nitrogens is 2. The molecule has 3 rings (SSSR count). The molecule has 2 aromatic carbocycles. The van der Waals surface area contributed by atoms with Crippen molar-refractivity contribution in [1.82, 2.24) is 15.1 Å². The van der Waals surface area contributed by atoms with Gasteiger partial charge in [-0.1, -0.05) is 41.9 Å². The van der Waals surface area contributed by atoms with E-state index >= 15 is 0 Å². The Kier molecular flexibility index (Phi) is 4.86. The molecule has 1 heterocycles. The van der Waals surface area contributed by atoms with Gasteiger partial charge >= 0.3 is 0 Å². The van der Waals surface area contributed by atoms with Crippen LogP contribution in [0, 0.1) is 0 Å². The minimum atomic E-state index is -0.176. The van der Waals surface area contributed by atoms with E-state index in [1.165, 1.54) is 4.68 Å². The first-order valence-corrected chi connectivity index (χ1v) is 8.33. The molecule has 1 unspecified atom stereocenters. The summed E-state index contributed by atoms with van der Waals surface area (Å²) < 4.78 is 1.27. The number of hydrogen-bond donors (Lipinski definition) is 1. The number of carbonyl (C=O) groups excluding carboxylic acids is 1. The third kappa shape index (κ3) is 3.72. The van der Waals surface area contributed by atoms with Gasteiger partial charge in [0.25, 0.3) is 5.56 Å². The predicted molar refractivity (Wildman–Crippen MR) is 98.7 cm³/mol. The number of aryl methyl sites for hydroxylation is 1. The second-order valence-electron chi connectivity index (χ2n) is 5.94. The topological polar surface area (TPSA) is 64.0 Å². The van der Waals surface area contributed by atoms with Crippen LogP contribution in [-0.4, -0.2) is 15.7 Å². The van der Waals surface area contributed by atoms with Crippen molar-refractivity contribution in [3.8, 4) is 0 Å². The van der Waals surface area contributed by atoms with Crippen LogP contribution in [0.25, 0.3) is 10.8 Å². The Bertz CT molecular complexity index is 997. The van der Waals surface area contributed by atoms with Gasteiger partial charge in [0.2, 0.25) is 5.91 Å². The first-order valence-electron chi connectivity index (χ1n) is 7.95. The summed E-state index contributed by atoms with van der Waals surface area (Å²) in [7, 11) is 1.59. The van der Waals surface area contributed by atoms with Crippen LogP contribution < -0.4 is 10.9 Å². The van der Waals surface area contributed by atoms with Crippen LogP contribution in [0.3, 0.4) is 0 Å². The van der Waals surface area contributed by atoms with Gasteiger partial charge in [0.05, 0.1) is 23.5 Å². The van der Waals surface area contributed by atoms with Crippen molar-refractivity contribution in [3.63, 3.8) is 0 Å². The first kappa shape index (κ1) is 17.2. The Labute approximate surface area is 150 Å². The average Bonchev–Trinajstić information content (AvgIpc) is 2.59. The number of benzene rings is 2. The Morgan fingerprint density at radius 2 is 1.92 bits per heavy atom. The van der Waals surface area contributed by atoms with Gasteiger partial charge in [-0.15, -0.1) is 0 Å².